The van der Waals surface area contributed by atoms with Crippen LogP contribution in [0.5, 0.6) is 0 Å². The van der Waals surface area contributed by atoms with E-state index in [0.717, 1.165) is 32.5 Å². The van der Waals surface area contributed by atoms with Gasteiger partial charge in [0, 0.05) is 25.6 Å². The fourth-order valence-electron chi connectivity index (χ4n) is 3.03. The average molecular weight is 284 g/mol. The van der Waals surface area contributed by atoms with Crippen molar-refractivity contribution >= 4 is 11.9 Å². The molecule has 20 heavy (non-hydrogen) atoms. The number of amides is 1. The Morgan fingerprint density at radius 2 is 2.15 bits per heavy atom. The van der Waals surface area contributed by atoms with Gasteiger partial charge in [0.15, 0.2) is 0 Å². The van der Waals surface area contributed by atoms with Crippen molar-refractivity contribution in [3.63, 3.8) is 0 Å². The number of esters is 1. The van der Waals surface area contributed by atoms with Crippen LogP contribution < -0.4 is 5.32 Å². The molecule has 1 saturated heterocycles. The highest BCUT2D eigenvalue weighted by Gasteiger charge is 2.33. The van der Waals surface area contributed by atoms with Crippen LogP contribution in [-0.2, 0) is 19.1 Å². The van der Waals surface area contributed by atoms with Crippen molar-refractivity contribution in [2.75, 3.05) is 33.4 Å². The zero-order valence-corrected chi connectivity index (χ0v) is 12.1. The zero-order chi connectivity index (χ0) is 14.4. The normalized spacial score (nSPS) is 26.6. The van der Waals surface area contributed by atoms with Gasteiger partial charge in [-0.15, -0.1) is 0 Å². The van der Waals surface area contributed by atoms with E-state index < -0.39 is 5.97 Å². The third-order valence-corrected chi connectivity index (χ3v) is 4.13. The lowest BCUT2D eigenvalue weighted by Gasteiger charge is -2.43. The van der Waals surface area contributed by atoms with E-state index in [1.54, 1.807) is 0 Å². The first kappa shape index (κ1) is 15.3. The summed E-state index contributed by atoms with van der Waals surface area (Å²) in [6, 6.07) is 0.464. The third-order valence-electron chi connectivity index (χ3n) is 4.13. The number of methoxy groups -OCH3 is 1. The van der Waals surface area contributed by atoms with Crippen molar-refractivity contribution in [3.05, 3.63) is 0 Å². The summed E-state index contributed by atoms with van der Waals surface area (Å²) in [5, 5.41) is 2.57. The van der Waals surface area contributed by atoms with E-state index in [4.69, 9.17) is 4.74 Å². The Balaban J connectivity index is 1.72. The van der Waals surface area contributed by atoms with Gasteiger partial charge in [-0.1, -0.05) is 12.8 Å². The molecule has 6 heteroatoms. The maximum Gasteiger partial charge on any atom is 0.325 e. The number of morpholine rings is 1. The molecule has 1 aliphatic carbocycles. The minimum Gasteiger partial charge on any atom is -0.468 e. The van der Waals surface area contributed by atoms with Gasteiger partial charge in [0.1, 0.15) is 6.54 Å². The highest BCUT2D eigenvalue weighted by molar-refractivity contribution is 5.81. The Kier molecular flexibility index (Phi) is 5.79. The van der Waals surface area contributed by atoms with Gasteiger partial charge in [0.25, 0.3) is 0 Å². The van der Waals surface area contributed by atoms with Crippen molar-refractivity contribution in [2.24, 2.45) is 0 Å². The van der Waals surface area contributed by atoms with E-state index in [0.29, 0.717) is 18.6 Å². The van der Waals surface area contributed by atoms with Crippen LogP contribution in [0, 0.1) is 0 Å². The highest BCUT2D eigenvalue weighted by atomic mass is 16.5. The molecule has 1 amide bonds. The first-order valence-corrected chi connectivity index (χ1v) is 7.40. The summed E-state index contributed by atoms with van der Waals surface area (Å²) in [5.74, 6) is -0.522. The quantitative estimate of drug-likeness (QED) is 0.736. The maximum absolute atomic E-state index is 11.7. The molecule has 1 aliphatic heterocycles. The SMILES string of the molecule is COC(=O)CNC(=O)CCN1CCO[C@@H]2CCCC[C@@H]21. The molecule has 2 atom stereocenters. The average Bonchev–Trinajstić information content (AvgIpc) is 2.50. The first-order chi connectivity index (χ1) is 9.70. The monoisotopic (exact) mass is 284 g/mol. The summed E-state index contributed by atoms with van der Waals surface area (Å²) in [4.78, 5) is 25.0. The lowest BCUT2D eigenvalue weighted by molar-refractivity contribution is -0.141. The van der Waals surface area contributed by atoms with E-state index in [2.05, 4.69) is 15.0 Å². The molecule has 2 fully saturated rings. The first-order valence-electron chi connectivity index (χ1n) is 7.40. The molecule has 0 aromatic heterocycles. The van der Waals surface area contributed by atoms with Crippen molar-refractivity contribution in [1.29, 1.82) is 0 Å². The van der Waals surface area contributed by atoms with Gasteiger partial charge >= 0.3 is 5.97 Å². The Hall–Kier alpha value is -1.14. The van der Waals surface area contributed by atoms with Gasteiger partial charge in [0.2, 0.25) is 5.91 Å². The third kappa shape index (κ3) is 4.18. The van der Waals surface area contributed by atoms with Gasteiger partial charge in [-0.2, -0.15) is 0 Å². The minimum absolute atomic E-state index is 0.0511. The van der Waals surface area contributed by atoms with Crippen LogP contribution in [0.4, 0.5) is 0 Å². The summed E-state index contributed by atoms with van der Waals surface area (Å²) in [6.45, 7) is 2.33. The summed E-state index contributed by atoms with van der Waals surface area (Å²) < 4.78 is 10.3. The largest absolute Gasteiger partial charge is 0.468 e. The number of nitrogens with one attached hydrogen (secondary N) is 1. The van der Waals surface area contributed by atoms with Gasteiger partial charge in [-0.3, -0.25) is 14.5 Å². The molecule has 2 aliphatic rings. The van der Waals surface area contributed by atoms with Gasteiger partial charge in [-0.05, 0) is 12.8 Å². The summed E-state index contributed by atoms with van der Waals surface area (Å²) in [6.07, 6.45) is 5.55. The fourth-order valence-corrected chi connectivity index (χ4v) is 3.03. The zero-order valence-electron chi connectivity index (χ0n) is 12.1. The number of fused-ring (bicyclic) bond motifs is 1. The number of hydrogen-bond donors (Lipinski definition) is 1. The van der Waals surface area contributed by atoms with E-state index >= 15 is 0 Å². The van der Waals surface area contributed by atoms with Gasteiger partial charge in [0.05, 0.1) is 19.8 Å². The number of hydrogen-bond acceptors (Lipinski definition) is 5. The molecule has 0 radical (unpaired) electrons. The second kappa shape index (κ2) is 7.59. The van der Waals surface area contributed by atoms with E-state index in [-0.39, 0.29) is 12.5 Å². The Labute approximate surface area is 119 Å². The van der Waals surface area contributed by atoms with E-state index in [1.165, 1.54) is 20.0 Å². The smallest absolute Gasteiger partial charge is 0.325 e. The number of carbonyl (C=O) groups excluding carboxylic acids is 2. The lowest BCUT2D eigenvalue weighted by atomic mass is 9.90. The standard InChI is InChI=1S/C14H24N2O4/c1-19-14(18)10-15-13(17)6-7-16-8-9-20-12-5-3-2-4-11(12)16/h11-12H,2-10H2,1H3,(H,15,17)/t11-,12+/m0/s1. The van der Waals surface area contributed by atoms with Crippen molar-refractivity contribution < 1.29 is 19.1 Å². The summed E-state index contributed by atoms with van der Waals surface area (Å²) in [7, 11) is 1.31. The van der Waals surface area contributed by atoms with Crippen LogP contribution in [0.1, 0.15) is 32.1 Å². The van der Waals surface area contributed by atoms with Gasteiger partial charge < -0.3 is 14.8 Å². The predicted octanol–water partition coefficient (Wildman–Crippen LogP) is 0.309. The molecule has 1 saturated carbocycles. The maximum atomic E-state index is 11.7. The Morgan fingerprint density at radius 1 is 1.35 bits per heavy atom. The molecule has 1 heterocycles. The van der Waals surface area contributed by atoms with Crippen LogP contribution in [-0.4, -0.2) is 62.3 Å². The minimum atomic E-state index is -0.419. The van der Waals surface area contributed by atoms with Crippen molar-refractivity contribution in [1.82, 2.24) is 10.2 Å². The summed E-state index contributed by atoms with van der Waals surface area (Å²) in [5.41, 5.74) is 0. The topological polar surface area (TPSA) is 67.9 Å². The molecule has 0 aromatic carbocycles. The number of ether oxygens (including phenoxy) is 2. The molecule has 6 nitrogen and oxygen atoms in total. The molecule has 2 rings (SSSR count). The Morgan fingerprint density at radius 3 is 2.95 bits per heavy atom. The Bertz CT molecular complexity index is 346. The lowest BCUT2D eigenvalue weighted by Crippen LogP contribution is -2.53. The molecule has 0 spiro atoms. The van der Waals surface area contributed by atoms with E-state index in [1.807, 2.05) is 0 Å². The van der Waals surface area contributed by atoms with Crippen LogP contribution >= 0.6 is 0 Å². The number of rotatable bonds is 5. The molecular weight excluding hydrogens is 260 g/mol. The second-order valence-electron chi connectivity index (χ2n) is 5.40. The van der Waals surface area contributed by atoms with E-state index in [9.17, 15) is 9.59 Å². The van der Waals surface area contributed by atoms with Crippen LogP contribution in [0.3, 0.4) is 0 Å². The van der Waals surface area contributed by atoms with Crippen molar-refractivity contribution in [2.45, 2.75) is 44.2 Å². The van der Waals surface area contributed by atoms with Crippen LogP contribution in [0.2, 0.25) is 0 Å². The molecule has 1 N–H and O–H groups in total. The number of carbonyl (C=O) groups is 2. The molecule has 0 aromatic rings. The molecule has 114 valence electrons. The summed E-state index contributed by atoms with van der Waals surface area (Å²) >= 11 is 0. The van der Waals surface area contributed by atoms with Gasteiger partial charge in [-0.25, -0.2) is 0 Å². The molecule has 0 unspecified atom stereocenters. The molecular formula is C14H24N2O4. The fraction of sp³-hybridized carbons (Fsp3) is 0.857. The second-order valence-corrected chi connectivity index (χ2v) is 5.40. The molecule has 0 bridgehead atoms. The highest BCUT2D eigenvalue weighted by Crippen LogP contribution is 2.28. The van der Waals surface area contributed by atoms with Crippen LogP contribution in [0.15, 0.2) is 0 Å². The van der Waals surface area contributed by atoms with Crippen molar-refractivity contribution in [3.8, 4) is 0 Å². The predicted molar refractivity (Wildman–Crippen MR) is 73.2 cm³/mol. The number of nitrogens with zero attached hydrogens (tertiary/aromatic N) is 1. The van der Waals surface area contributed by atoms with Crippen LogP contribution in [0.25, 0.3) is 0 Å².